The molecule has 0 radical (unpaired) electrons. The summed E-state index contributed by atoms with van der Waals surface area (Å²) in [6, 6.07) is 14.0. The summed E-state index contributed by atoms with van der Waals surface area (Å²) in [5.74, 6) is -0.0240. The van der Waals surface area contributed by atoms with Gasteiger partial charge < -0.3 is 10.5 Å². The van der Waals surface area contributed by atoms with E-state index in [4.69, 9.17) is 10.5 Å². The average Bonchev–Trinajstić information content (AvgIpc) is 2.39. The van der Waals surface area contributed by atoms with E-state index < -0.39 is 5.91 Å². The Kier molecular flexibility index (Phi) is 3.38. The lowest BCUT2D eigenvalue weighted by Crippen LogP contribution is -2.10. The second-order valence-electron chi connectivity index (χ2n) is 3.69. The van der Waals surface area contributed by atoms with Crippen molar-refractivity contribution in [2.24, 2.45) is 5.73 Å². The summed E-state index contributed by atoms with van der Waals surface area (Å²) in [5, 5.41) is 0. The Bertz CT molecular complexity index is 593. The quantitative estimate of drug-likeness (QED) is 0.832. The van der Waals surface area contributed by atoms with Crippen LogP contribution in [0.2, 0.25) is 0 Å². The van der Waals surface area contributed by atoms with Crippen molar-refractivity contribution in [3.8, 4) is 16.9 Å². The zero-order chi connectivity index (χ0) is 13.0. The summed E-state index contributed by atoms with van der Waals surface area (Å²) in [5.41, 5.74) is 7.35. The number of carbonyl (C=O) groups excluding carboxylic acids is 2. The highest BCUT2D eigenvalue weighted by atomic mass is 16.5. The molecule has 0 saturated heterocycles. The molecule has 4 heteroatoms. The first-order valence-corrected chi connectivity index (χ1v) is 5.31. The van der Waals surface area contributed by atoms with Crippen molar-refractivity contribution >= 4 is 12.4 Å². The number of benzene rings is 2. The molecule has 2 aromatic rings. The van der Waals surface area contributed by atoms with Gasteiger partial charge in [0.25, 0.3) is 6.47 Å². The van der Waals surface area contributed by atoms with Gasteiger partial charge in [-0.3, -0.25) is 9.59 Å². The van der Waals surface area contributed by atoms with Crippen LogP contribution in [0.4, 0.5) is 0 Å². The molecule has 0 aliphatic rings. The van der Waals surface area contributed by atoms with Gasteiger partial charge in [-0.25, -0.2) is 0 Å². The summed E-state index contributed by atoms with van der Waals surface area (Å²) in [7, 11) is 0. The Morgan fingerprint density at radius 1 is 1.06 bits per heavy atom. The fraction of sp³-hybridized carbons (Fsp3) is 0. The molecule has 90 valence electrons. The number of hydrogen-bond acceptors (Lipinski definition) is 3. The Morgan fingerprint density at radius 3 is 2.39 bits per heavy atom. The van der Waals surface area contributed by atoms with E-state index in [2.05, 4.69) is 0 Å². The second-order valence-corrected chi connectivity index (χ2v) is 3.69. The molecular weight excluding hydrogens is 230 g/mol. The van der Waals surface area contributed by atoms with Gasteiger partial charge in [0.2, 0.25) is 5.91 Å². The predicted octanol–water partition coefficient (Wildman–Crippen LogP) is 1.99. The topological polar surface area (TPSA) is 69.4 Å². The maximum Gasteiger partial charge on any atom is 0.298 e. The van der Waals surface area contributed by atoms with Gasteiger partial charge in [-0.1, -0.05) is 24.3 Å². The number of rotatable bonds is 4. The van der Waals surface area contributed by atoms with Gasteiger partial charge in [-0.2, -0.15) is 0 Å². The molecule has 0 unspecified atom stereocenters. The highest BCUT2D eigenvalue weighted by Crippen LogP contribution is 2.24. The van der Waals surface area contributed by atoms with Crippen LogP contribution < -0.4 is 10.5 Å². The van der Waals surface area contributed by atoms with Crippen molar-refractivity contribution in [3.05, 3.63) is 54.1 Å². The number of carbonyl (C=O) groups is 2. The van der Waals surface area contributed by atoms with Gasteiger partial charge in [0, 0.05) is 5.56 Å². The third-order valence-electron chi connectivity index (χ3n) is 2.50. The van der Waals surface area contributed by atoms with E-state index >= 15 is 0 Å². The van der Waals surface area contributed by atoms with E-state index in [9.17, 15) is 9.59 Å². The first-order chi connectivity index (χ1) is 8.70. The summed E-state index contributed by atoms with van der Waals surface area (Å²) < 4.78 is 4.77. The molecule has 0 spiro atoms. The van der Waals surface area contributed by atoms with Crippen LogP contribution in [0.5, 0.6) is 5.75 Å². The van der Waals surface area contributed by atoms with E-state index in [0.29, 0.717) is 17.8 Å². The molecule has 2 rings (SSSR count). The Morgan fingerprint density at radius 2 is 1.72 bits per heavy atom. The SMILES string of the molecule is NC(=O)c1cccc(-c2cccc(OC=O)c2)c1. The lowest BCUT2D eigenvalue weighted by atomic mass is 10.0. The third-order valence-corrected chi connectivity index (χ3v) is 2.50. The molecule has 0 atom stereocenters. The maximum absolute atomic E-state index is 11.1. The fourth-order valence-electron chi connectivity index (χ4n) is 1.66. The van der Waals surface area contributed by atoms with Crippen LogP contribution in [-0.4, -0.2) is 12.4 Å². The number of nitrogens with two attached hydrogens (primary N) is 1. The lowest BCUT2D eigenvalue weighted by Gasteiger charge is -2.05. The van der Waals surface area contributed by atoms with Crippen LogP contribution in [0.3, 0.4) is 0 Å². The molecule has 2 aromatic carbocycles. The van der Waals surface area contributed by atoms with E-state index in [-0.39, 0.29) is 0 Å². The number of amides is 1. The highest BCUT2D eigenvalue weighted by Gasteiger charge is 2.04. The monoisotopic (exact) mass is 241 g/mol. The minimum atomic E-state index is -0.475. The van der Waals surface area contributed by atoms with Crippen molar-refractivity contribution in [1.82, 2.24) is 0 Å². The number of hydrogen-bond donors (Lipinski definition) is 1. The van der Waals surface area contributed by atoms with Gasteiger partial charge in [0.15, 0.2) is 0 Å². The molecule has 1 amide bonds. The van der Waals surface area contributed by atoms with Crippen LogP contribution in [0.15, 0.2) is 48.5 Å². The Hall–Kier alpha value is -2.62. The van der Waals surface area contributed by atoms with Gasteiger partial charge in [0.1, 0.15) is 5.75 Å². The standard InChI is InChI=1S/C14H11NO3/c15-14(17)12-5-1-3-10(7-12)11-4-2-6-13(8-11)18-9-16/h1-9H,(H2,15,17). The molecule has 0 heterocycles. The van der Waals surface area contributed by atoms with Gasteiger partial charge in [0.05, 0.1) is 0 Å². The largest absolute Gasteiger partial charge is 0.429 e. The molecule has 4 nitrogen and oxygen atoms in total. The molecule has 2 N–H and O–H groups in total. The van der Waals surface area contributed by atoms with E-state index in [1.165, 1.54) is 0 Å². The number of primary amides is 1. The second kappa shape index (κ2) is 5.14. The van der Waals surface area contributed by atoms with Crippen LogP contribution in [0, 0.1) is 0 Å². The molecular formula is C14H11NO3. The van der Waals surface area contributed by atoms with Crippen LogP contribution in [-0.2, 0) is 4.79 Å². The van der Waals surface area contributed by atoms with E-state index in [1.54, 1.807) is 36.4 Å². The van der Waals surface area contributed by atoms with Crippen LogP contribution in [0.1, 0.15) is 10.4 Å². The molecule has 0 aromatic heterocycles. The van der Waals surface area contributed by atoms with Gasteiger partial charge in [-0.15, -0.1) is 0 Å². The molecule has 18 heavy (non-hydrogen) atoms. The Labute approximate surface area is 104 Å². The van der Waals surface area contributed by atoms with Crippen molar-refractivity contribution in [2.45, 2.75) is 0 Å². The molecule has 0 aliphatic heterocycles. The average molecular weight is 241 g/mol. The lowest BCUT2D eigenvalue weighted by molar-refractivity contribution is -0.120. The van der Waals surface area contributed by atoms with Crippen molar-refractivity contribution in [3.63, 3.8) is 0 Å². The molecule has 0 fully saturated rings. The summed E-state index contributed by atoms with van der Waals surface area (Å²) in [6.07, 6.45) is 0. The third kappa shape index (κ3) is 2.55. The van der Waals surface area contributed by atoms with Crippen LogP contribution >= 0.6 is 0 Å². The van der Waals surface area contributed by atoms with Crippen LogP contribution in [0.25, 0.3) is 11.1 Å². The molecule has 0 saturated carbocycles. The summed E-state index contributed by atoms with van der Waals surface area (Å²) in [4.78, 5) is 21.4. The normalized spacial score (nSPS) is 9.78. The van der Waals surface area contributed by atoms with Crippen molar-refractivity contribution in [1.29, 1.82) is 0 Å². The van der Waals surface area contributed by atoms with Gasteiger partial charge in [-0.05, 0) is 35.4 Å². The first kappa shape index (κ1) is 11.9. The van der Waals surface area contributed by atoms with Gasteiger partial charge >= 0.3 is 0 Å². The zero-order valence-electron chi connectivity index (χ0n) is 9.50. The van der Waals surface area contributed by atoms with Crippen molar-refractivity contribution < 1.29 is 14.3 Å². The smallest absolute Gasteiger partial charge is 0.298 e. The predicted molar refractivity (Wildman–Crippen MR) is 67.1 cm³/mol. The maximum atomic E-state index is 11.1. The van der Waals surface area contributed by atoms with Crippen molar-refractivity contribution in [2.75, 3.05) is 0 Å². The van der Waals surface area contributed by atoms with E-state index in [1.807, 2.05) is 12.1 Å². The summed E-state index contributed by atoms with van der Waals surface area (Å²) in [6.45, 7) is 0.374. The highest BCUT2D eigenvalue weighted by molar-refractivity contribution is 5.94. The molecule has 0 aliphatic carbocycles. The summed E-state index contributed by atoms with van der Waals surface area (Å²) >= 11 is 0. The number of ether oxygens (including phenoxy) is 1. The van der Waals surface area contributed by atoms with E-state index in [0.717, 1.165) is 11.1 Å². The minimum absolute atomic E-state index is 0.374. The zero-order valence-corrected chi connectivity index (χ0v) is 9.50. The Balaban J connectivity index is 2.41. The molecule has 0 bridgehead atoms. The minimum Gasteiger partial charge on any atom is -0.429 e. The fourth-order valence-corrected chi connectivity index (χ4v) is 1.66. The first-order valence-electron chi connectivity index (χ1n) is 5.31.